The fourth-order valence-electron chi connectivity index (χ4n) is 11.1. The number of hydrogen-bond donors (Lipinski definition) is 0. The van der Waals surface area contributed by atoms with Crippen LogP contribution in [-0.4, -0.2) is 29.7 Å². The summed E-state index contributed by atoms with van der Waals surface area (Å²) in [4.78, 5) is 0. The van der Waals surface area contributed by atoms with E-state index in [2.05, 4.69) is 192 Å². The van der Waals surface area contributed by atoms with Crippen LogP contribution in [0, 0.1) is 23.7 Å². The zero-order valence-corrected chi connectivity index (χ0v) is 30.5. The van der Waals surface area contributed by atoms with E-state index in [-0.39, 0.29) is 23.7 Å². The van der Waals surface area contributed by atoms with Gasteiger partial charge in [-0.05, 0) is 46.5 Å². The van der Waals surface area contributed by atoms with Crippen molar-refractivity contribution in [3.05, 3.63) is 201 Å². The van der Waals surface area contributed by atoms with Crippen molar-refractivity contribution in [3.8, 4) is 0 Å². The van der Waals surface area contributed by atoms with Crippen LogP contribution in [0.25, 0.3) is 22.3 Å². The van der Waals surface area contributed by atoms with Crippen molar-refractivity contribution in [1.82, 2.24) is 9.13 Å². The molecule has 0 N–H and O–H groups in total. The first-order valence-electron chi connectivity index (χ1n) is 19.3. The van der Waals surface area contributed by atoms with Crippen molar-refractivity contribution in [1.29, 1.82) is 0 Å². The normalized spacial score (nSPS) is 25.8. The van der Waals surface area contributed by atoms with E-state index in [1.165, 1.54) is 89.4 Å². The van der Waals surface area contributed by atoms with Gasteiger partial charge < -0.3 is 0 Å². The van der Waals surface area contributed by atoms with Gasteiger partial charge in [0.1, 0.15) is 0 Å². The van der Waals surface area contributed by atoms with E-state index < -0.39 is 5.91 Å². The van der Waals surface area contributed by atoms with Crippen LogP contribution >= 0.6 is 0 Å². The fourth-order valence-corrected chi connectivity index (χ4v) is 11.1. The molecule has 4 aromatic carbocycles. The van der Waals surface area contributed by atoms with Crippen molar-refractivity contribution in [3.63, 3.8) is 0 Å². The molecule has 0 saturated heterocycles. The smallest absolute Gasteiger partial charge is 0.198 e. The van der Waals surface area contributed by atoms with Gasteiger partial charge in [-0.25, -0.2) is 0 Å². The maximum absolute atomic E-state index is 2.84. The van der Waals surface area contributed by atoms with Crippen LogP contribution in [0.4, 0.5) is 0 Å². The van der Waals surface area contributed by atoms with Crippen molar-refractivity contribution in [2.75, 3.05) is 0 Å². The molecule has 2 aromatic heterocycles. The van der Waals surface area contributed by atoms with E-state index >= 15 is 0 Å². The summed E-state index contributed by atoms with van der Waals surface area (Å²) in [6.45, 7) is 9.90. The molecule has 0 amide bonds. The zero-order chi connectivity index (χ0) is 35.3. The maximum atomic E-state index is 2.84. The Balaban J connectivity index is 1.39. The first-order valence-corrected chi connectivity index (χ1v) is 19.3. The second kappa shape index (κ2) is 10.1. The Morgan fingerprint density at radius 2 is 0.717 bits per heavy atom. The highest BCUT2D eigenvalue weighted by Crippen LogP contribution is 2.58. The summed E-state index contributed by atoms with van der Waals surface area (Å²) in [5, 5.41) is 2.57. The predicted molar refractivity (Wildman–Crippen MR) is 212 cm³/mol. The molecular formula is C49H40N4+2. The summed E-state index contributed by atoms with van der Waals surface area (Å²) in [6, 6.07) is 54.4. The lowest BCUT2D eigenvalue weighted by atomic mass is 9.84. The average molecular weight is 685 g/mol. The Morgan fingerprint density at radius 1 is 0.377 bits per heavy atom. The molecule has 4 unspecified atom stereocenters. The lowest BCUT2D eigenvalue weighted by Crippen LogP contribution is -2.71. The van der Waals surface area contributed by atoms with Gasteiger partial charge in [-0.3, -0.25) is 0 Å². The van der Waals surface area contributed by atoms with Crippen LogP contribution in [-0.2, 0) is 5.91 Å². The molecule has 4 nitrogen and oxygen atoms in total. The van der Waals surface area contributed by atoms with Crippen LogP contribution in [0.2, 0.25) is 0 Å². The Hall–Kier alpha value is -6.00. The molecular weight excluding hydrogens is 645 g/mol. The second-order valence-electron chi connectivity index (χ2n) is 15.8. The number of aromatic nitrogens is 2. The molecule has 0 radical (unpaired) electrons. The van der Waals surface area contributed by atoms with Crippen molar-refractivity contribution in [2.24, 2.45) is 23.7 Å². The molecule has 254 valence electrons. The van der Waals surface area contributed by atoms with Gasteiger partial charge >= 0.3 is 5.91 Å². The summed E-state index contributed by atoms with van der Waals surface area (Å²) >= 11 is 0. The lowest BCUT2D eigenvalue weighted by Gasteiger charge is -2.42. The van der Waals surface area contributed by atoms with E-state index in [4.69, 9.17) is 0 Å². The highest BCUT2D eigenvalue weighted by Gasteiger charge is 2.76. The van der Waals surface area contributed by atoms with E-state index in [0.29, 0.717) is 0 Å². The van der Waals surface area contributed by atoms with Crippen LogP contribution in [0.15, 0.2) is 157 Å². The van der Waals surface area contributed by atoms with Gasteiger partial charge in [0.2, 0.25) is 22.8 Å². The summed E-state index contributed by atoms with van der Waals surface area (Å²) < 4.78 is 11.2. The lowest BCUT2D eigenvalue weighted by molar-refractivity contribution is -0.838. The number of nitrogens with zero attached hydrogens (tertiary/aromatic N) is 4. The topological polar surface area (TPSA) is 15.9 Å². The summed E-state index contributed by atoms with van der Waals surface area (Å²) in [5.41, 5.74) is 18.7. The largest absolute Gasteiger partial charge is 0.552 e. The third kappa shape index (κ3) is 3.31. The Morgan fingerprint density at radius 3 is 1.08 bits per heavy atom. The van der Waals surface area contributed by atoms with Crippen LogP contribution in [0.3, 0.4) is 0 Å². The minimum absolute atomic E-state index is 0.289. The molecule has 0 fully saturated rings. The van der Waals surface area contributed by atoms with E-state index in [0.717, 1.165) is 0 Å². The SMILES string of the molecule is CC1C2=C(c3ccccc3)c3ccc4n3C35n6c(ccc6=C(c6ccccc6)C6=[N+]3C(=C4c3ccccc3)C(C)C6C)=C(c3ccccc3)C(=[N+]25)C1C. The van der Waals surface area contributed by atoms with Gasteiger partial charge in [-0.1, -0.05) is 158 Å². The molecule has 6 aliphatic heterocycles. The molecule has 12 rings (SSSR count). The van der Waals surface area contributed by atoms with Crippen molar-refractivity contribution in [2.45, 2.75) is 33.6 Å². The third-order valence-electron chi connectivity index (χ3n) is 13.4. The van der Waals surface area contributed by atoms with Gasteiger partial charge in [0.25, 0.3) is 0 Å². The molecule has 4 heteroatoms. The van der Waals surface area contributed by atoms with Crippen molar-refractivity contribution < 1.29 is 9.15 Å². The molecule has 0 saturated carbocycles. The Kier molecular flexibility index (Phi) is 5.64. The maximum Gasteiger partial charge on any atom is 0.552 e. The van der Waals surface area contributed by atoms with Gasteiger partial charge in [0.15, 0.2) is 0 Å². The Bertz CT molecular complexity index is 2670. The van der Waals surface area contributed by atoms with Gasteiger partial charge in [0.05, 0.1) is 68.1 Å². The molecule has 6 aliphatic rings. The fraction of sp³-hybridized carbons (Fsp3) is 0.184. The molecule has 6 aromatic rings. The minimum Gasteiger partial charge on any atom is -0.198 e. The van der Waals surface area contributed by atoms with Gasteiger partial charge in [-0.2, -0.15) is 9.13 Å². The minimum atomic E-state index is -0.706. The molecule has 1 spiro atoms. The van der Waals surface area contributed by atoms with E-state index in [9.17, 15) is 0 Å². The van der Waals surface area contributed by atoms with E-state index in [1.54, 1.807) is 0 Å². The van der Waals surface area contributed by atoms with Crippen LogP contribution in [0.5, 0.6) is 0 Å². The number of benzene rings is 4. The van der Waals surface area contributed by atoms with Crippen LogP contribution < -0.4 is 10.7 Å². The molecule has 8 heterocycles. The highest BCUT2D eigenvalue weighted by atomic mass is 15.6. The van der Waals surface area contributed by atoms with Crippen molar-refractivity contribution >= 4 is 33.7 Å². The summed E-state index contributed by atoms with van der Waals surface area (Å²) in [5.74, 6) is 0.449. The second-order valence-corrected chi connectivity index (χ2v) is 15.8. The number of hydrogen-bond acceptors (Lipinski definition) is 0. The monoisotopic (exact) mass is 684 g/mol. The van der Waals surface area contributed by atoms with E-state index in [1.807, 2.05) is 0 Å². The van der Waals surface area contributed by atoms with Gasteiger partial charge in [-0.15, -0.1) is 0 Å². The Labute approximate surface area is 309 Å². The summed E-state index contributed by atoms with van der Waals surface area (Å²) in [7, 11) is 0. The first-order chi connectivity index (χ1) is 26.0. The molecule has 53 heavy (non-hydrogen) atoms. The molecule has 4 atom stereocenters. The predicted octanol–water partition coefficient (Wildman–Crippen LogP) is 7.86. The zero-order valence-electron chi connectivity index (χ0n) is 30.5. The van der Waals surface area contributed by atoms with Gasteiger partial charge in [0, 0.05) is 0 Å². The highest BCUT2D eigenvalue weighted by molar-refractivity contribution is 6.25. The number of rotatable bonds is 4. The molecule has 0 bridgehead atoms. The molecule has 0 aliphatic carbocycles. The third-order valence-corrected chi connectivity index (χ3v) is 13.4. The quantitative estimate of drug-likeness (QED) is 0.168. The average Bonchev–Trinajstić information content (AvgIpc) is 3.97. The standard InChI is InChI=1S/C49H40N4/c1-29-30(2)46-42(34-19-11-6-12-20-34)38-27-28-40-44(36-23-15-8-16-24-36)48-32(4)31(3)47-43(35-21-13-7-14-22-35)39-26-25-37-41(33-17-9-5-10-18-33)45(29)52(46)49(50(37)39,51(38)40)53(47)48/h5-32H,1-4H3/q+2. The summed E-state index contributed by atoms with van der Waals surface area (Å²) in [6.07, 6.45) is 0. The number of allylic oxidation sites excluding steroid dienone is 2. The van der Waals surface area contributed by atoms with Crippen LogP contribution in [0.1, 0.15) is 61.3 Å². The first kappa shape index (κ1) is 29.6.